The second-order valence-electron chi connectivity index (χ2n) is 8.17. The first kappa shape index (κ1) is 23.9. The van der Waals surface area contributed by atoms with Crippen molar-refractivity contribution in [2.24, 2.45) is 0 Å². The van der Waals surface area contributed by atoms with Gasteiger partial charge in [0.25, 0.3) is 15.9 Å². The minimum absolute atomic E-state index is 0.0547. The number of carbonyl (C=O) groups excluding carboxylic acids is 1. The van der Waals surface area contributed by atoms with Crippen LogP contribution < -0.4 is 19.5 Å². The number of hydrogen-bond donors (Lipinski definition) is 2. The summed E-state index contributed by atoms with van der Waals surface area (Å²) in [5.74, 6) is 0.657. The number of amides is 1. The van der Waals surface area contributed by atoms with E-state index >= 15 is 0 Å². The molecule has 1 amide bonds. The van der Waals surface area contributed by atoms with Crippen LogP contribution in [0.2, 0.25) is 0 Å². The van der Waals surface area contributed by atoms with Crippen molar-refractivity contribution in [3.05, 3.63) is 48.0 Å². The van der Waals surface area contributed by atoms with Crippen LogP contribution in [-0.4, -0.2) is 57.6 Å². The van der Waals surface area contributed by atoms with Crippen LogP contribution in [-0.2, 0) is 10.0 Å². The Kier molecular flexibility index (Phi) is 7.63. The molecule has 0 spiro atoms. The molecular formula is C23H31N3O5S. The Balaban J connectivity index is 1.66. The van der Waals surface area contributed by atoms with Crippen molar-refractivity contribution in [1.29, 1.82) is 0 Å². The number of anilines is 1. The van der Waals surface area contributed by atoms with Gasteiger partial charge in [-0.05, 0) is 58.0 Å². The summed E-state index contributed by atoms with van der Waals surface area (Å²) in [6, 6.07) is 11.6. The lowest BCUT2D eigenvalue weighted by atomic mass is 10.2. The molecule has 1 aliphatic rings. The normalized spacial score (nSPS) is 13.5. The maximum absolute atomic E-state index is 12.8. The first-order chi connectivity index (χ1) is 15.2. The van der Waals surface area contributed by atoms with Gasteiger partial charge in [-0.2, -0.15) is 0 Å². The summed E-state index contributed by atoms with van der Waals surface area (Å²) in [7, 11) is -3.86. The van der Waals surface area contributed by atoms with Gasteiger partial charge < -0.3 is 14.8 Å². The molecule has 174 valence electrons. The van der Waals surface area contributed by atoms with Crippen molar-refractivity contribution < 1.29 is 22.7 Å². The fraction of sp³-hybridized carbons (Fsp3) is 0.435. The average Bonchev–Trinajstić information content (AvgIpc) is 2.75. The molecule has 3 rings (SSSR count). The van der Waals surface area contributed by atoms with Crippen LogP contribution in [0.4, 0.5) is 5.69 Å². The standard InChI is InChI=1S/C23H31N3O5S/c1-16(2)26(17(3)4)11-10-24-23(27)18-6-5-7-19(14-18)25-32(28,29)20-8-9-21-22(15-20)31-13-12-30-21/h5-9,14-17,25H,10-13H2,1-4H3,(H,24,27). The highest BCUT2D eigenvalue weighted by atomic mass is 32.2. The number of nitrogens with zero attached hydrogens (tertiary/aromatic N) is 1. The molecule has 9 heteroatoms. The molecule has 0 aromatic heterocycles. The first-order valence-electron chi connectivity index (χ1n) is 10.7. The van der Waals surface area contributed by atoms with Gasteiger partial charge in [0.2, 0.25) is 0 Å². The monoisotopic (exact) mass is 461 g/mol. The van der Waals surface area contributed by atoms with Gasteiger partial charge in [0.1, 0.15) is 13.2 Å². The first-order valence-corrected chi connectivity index (χ1v) is 12.2. The minimum atomic E-state index is -3.86. The zero-order valence-electron chi connectivity index (χ0n) is 18.9. The lowest BCUT2D eigenvalue weighted by molar-refractivity contribution is 0.0939. The highest BCUT2D eigenvalue weighted by Crippen LogP contribution is 2.32. The second-order valence-corrected chi connectivity index (χ2v) is 9.86. The predicted molar refractivity (Wildman–Crippen MR) is 124 cm³/mol. The Morgan fingerprint density at radius 2 is 1.69 bits per heavy atom. The molecule has 0 saturated carbocycles. The number of carbonyl (C=O) groups is 1. The minimum Gasteiger partial charge on any atom is -0.486 e. The third-order valence-corrected chi connectivity index (χ3v) is 6.56. The van der Waals surface area contributed by atoms with Crippen molar-refractivity contribution in [1.82, 2.24) is 10.2 Å². The number of sulfonamides is 1. The van der Waals surface area contributed by atoms with E-state index in [1.807, 2.05) is 0 Å². The van der Waals surface area contributed by atoms with E-state index in [1.165, 1.54) is 18.2 Å². The van der Waals surface area contributed by atoms with E-state index < -0.39 is 10.0 Å². The third-order valence-electron chi connectivity index (χ3n) is 5.18. The van der Waals surface area contributed by atoms with Gasteiger partial charge in [-0.15, -0.1) is 0 Å². The van der Waals surface area contributed by atoms with E-state index in [0.29, 0.717) is 54.6 Å². The van der Waals surface area contributed by atoms with Gasteiger partial charge in [-0.1, -0.05) is 6.07 Å². The molecule has 2 aromatic rings. The van der Waals surface area contributed by atoms with E-state index in [0.717, 1.165) is 6.54 Å². The van der Waals surface area contributed by atoms with Crippen molar-refractivity contribution >= 4 is 21.6 Å². The number of benzene rings is 2. The Bertz CT molecular complexity index is 1050. The summed E-state index contributed by atoms with van der Waals surface area (Å²) in [5, 5.41) is 2.91. The van der Waals surface area contributed by atoms with Gasteiger partial charge in [-0.3, -0.25) is 14.4 Å². The third kappa shape index (κ3) is 5.92. The summed E-state index contributed by atoms with van der Waals surface area (Å²) in [4.78, 5) is 14.9. The van der Waals surface area contributed by atoms with E-state index in [4.69, 9.17) is 9.47 Å². The van der Waals surface area contributed by atoms with Crippen molar-refractivity contribution in [3.8, 4) is 11.5 Å². The summed E-state index contributed by atoms with van der Waals surface area (Å²) < 4.78 is 39.1. The number of hydrogen-bond acceptors (Lipinski definition) is 6. The van der Waals surface area contributed by atoms with E-state index in [2.05, 4.69) is 42.6 Å². The van der Waals surface area contributed by atoms with Crippen LogP contribution >= 0.6 is 0 Å². The SMILES string of the molecule is CC(C)N(CCNC(=O)c1cccc(NS(=O)(=O)c2ccc3c(c2)OCCO3)c1)C(C)C. The largest absolute Gasteiger partial charge is 0.486 e. The van der Waals surface area contributed by atoms with Crippen molar-refractivity contribution in [2.75, 3.05) is 31.0 Å². The van der Waals surface area contributed by atoms with Crippen LogP contribution in [0.3, 0.4) is 0 Å². The van der Waals surface area contributed by atoms with E-state index in [1.54, 1.807) is 24.3 Å². The molecule has 0 fully saturated rings. The van der Waals surface area contributed by atoms with E-state index in [-0.39, 0.29) is 10.8 Å². The van der Waals surface area contributed by atoms with Gasteiger partial charge in [0.05, 0.1) is 4.90 Å². The molecule has 0 radical (unpaired) electrons. The average molecular weight is 462 g/mol. The van der Waals surface area contributed by atoms with Crippen LogP contribution in [0.1, 0.15) is 38.1 Å². The van der Waals surface area contributed by atoms with Gasteiger partial charge in [0, 0.05) is 42.5 Å². The van der Waals surface area contributed by atoms with Crippen LogP contribution in [0.25, 0.3) is 0 Å². The van der Waals surface area contributed by atoms with Gasteiger partial charge in [-0.25, -0.2) is 8.42 Å². The van der Waals surface area contributed by atoms with Crippen LogP contribution in [0.5, 0.6) is 11.5 Å². The van der Waals surface area contributed by atoms with Crippen LogP contribution in [0.15, 0.2) is 47.4 Å². The molecule has 0 bridgehead atoms. The summed E-state index contributed by atoms with van der Waals surface area (Å²) >= 11 is 0. The van der Waals surface area contributed by atoms with Gasteiger partial charge in [0.15, 0.2) is 11.5 Å². The molecule has 0 atom stereocenters. The Labute approximate surface area is 190 Å². The molecule has 8 nitrogen and oxygen atoms in total. The van der Waals surface area contributed by atoms with Crippen LogP contribution in [0, 0.1) is 0 Å². The topological polar surface area (TPSA) is 97.0 Å². The number of rotatable bonds is 9. The quantitative estimate of drug-likeness (QED) is 0.596. The zero-order chi connectivity index (χ0) is 23.3. The van der Waals surface area contributed by atoms with Crippen molar-refractivity contribution in [3.63, 3.8) is 0 Å². The second kappa shape index (κ2) is 10.2. The molecule has 2 N–H and O–H groups in total. The molecule has 0 saturated heterocycles. The molecule has 0 unspecified atom stereocenters. The molecule has 1 aliphatic heterocycles. The number of nitrogens with one attached hydrogen (secondary N) is 2. The molecule has 32 heavy (non-hydrogen) atoms. The molecule has 0 aliphatic carbocycles. The Hall–Kier alpha value is -2.78. The highest BCUT2D eigenvalue weighted by molar-refractivity contribution is 7.92. The maximum atomic E-state index is 12.8. The lowest BCUT2D eigenvalue weighted by Crippen LogP contribution is -2.42. The maximum Gasteiger partial charge on any atom is 0.262 e. The summed E-state index contributed by atoms with van der Waals surface area (Å²) in [6.45, 7) is 10.5. The summed E-state index contributed by atoms with van der Waals surface area (Å²) in [5.41, 5.74) is 0.687. The van der Waals surface area contributed by atoms with Crippen molar-refractivity contribution in [2.45, 2.75) is 44.7 Å². The van der Waals surface area contributed by atoms with E-state index in [9.17, 15) is 13.2 Å². The fourth-order valence-electron chi connectivity index (χ4n) is 3.64. The molecular weight excluding hydrogens is 430 g/mol. The number of ether oxygens (including phenoxy) is 2. The fourth-order valence-corrected chi connectivity index (χ4v) is 4.71. The zero-order valence-corrected chi connectivity index (χ0v) is 19.7. The lowest BCUT2D eigenvalue weighted by Gasteiger charge is -2.30. The smallest absolute Gasteiger partial charge is 0.262 e. The molecule has 2 aromatic carbocycles. The van der Waals surface area contributed by atoms with Gasteiger partial charge >= 0.3 is 0 Å². The molecule has 1 heterocycles. The Morgan fingerprint density at radius 1 is 1.00 bits per heavy atom. The summed E-state index contributed by atoms with van der Waals surface area (Å²) in [6.07, 6.45) is 0. The Morgan fingerprint density at radius 3 is 2.38 bits per heavy atom. The predicted octanol–water partition coefficient (Wildman–Crippen LogP) is 3.11. The highest BCUT2D eigenvalue weighted by Gasteiger charge is 2.20. The number of fused-ring (bicyclic) bond motifs is 1.